The van der Waals surface area contributed by atoms with Gasteiger partial charge in [-0.3, -0.25) is 4.79 Å². The van der Waals surface area contributed by atoms with Gasteiger partial charge in [-0.2, -0.15) is 0 Å². The summed E-state index contributed by atoms with van der Waals surface area (Å²) < 4.78 is 36.8. The van der Waals surface area contributed by atoms with Gasteiger partial charge in [-0.1, -0.05) is 30.3 Å². The van der Waals surface area contributed by atoms with Gasteiger partial charge in [0.05, 0.1) is 4.90 Å². The Labute approximate surface area is 175 Å². The van der Waals surface area contributed by atoms with Crippen LogP contribution in [0.1, 0.15) is 5.56 Å². The minimum absolute atomic E-state index is 0.119. The molecular formula is C22H22N2O5S. The number of benzene rings is 3. The molecule has 0 unspecified atom stereocenters. The first-order valence-electron chi connectivity index (χ1n) is 9.19. The highest BCUT2D eigenvalue weighted by Crippen LogP contribution is 2.19. The smallest absolute Gasteiger partial charge is 0.262 e. The molecule has 0 aromatic heterocycles. The van der Waals surface area contributed by atoms with Crippen LogP contribution >= 0.6 is 0 Å². The topological polar surface area (TPSA) is 93.7 Å². The van der Waals surface area contributed by atoms with Gasteiger partial charge in [-0.15, -0.1) is 0 Å². The fourth-order valence-electron chi connectivity index (χ4n) is 2.55. The molecule has 0 aliphatic heterocycles. The van der Waals surface area contributed by atoms with Crippen molar-refractivity contribution in [2.45, 2.75) is 11.5 Å². The lowest BCUT2D eigenvalue weighted by molar-refractivity contribution is -0.118. The van der Waals surface area contributed by atoms with E-state index in [0.29, 0.717) is 23.8 Å². The van der Waals surface area contributed by atoms with E-state index in [0.717, 1.165) is 5.56 Å². The Balaban J connectivity index is 1.46. The highest BCUT2D eigenvalue weighted by atomic mass is 32.2. The van der Waals surface area contributed by atoms with Gasteiger partial charge in [0.1, 0.15) is 18.1 Å². The molecule has 0 atom stereocenters. The molecule has 0 heterocycles. The van der Waals surface area contributed by atoms with Crippen molar-refractivity contribution in [1.29, 1.82) is 0 Å². The predicted molar refractivity (Wildman–Crippen MR) is 114 cm³/mol. The predicted octanol–water partition coefficient (Wildman–Crippen LogP) is 3.19. The Morgan fingerprint density at radius 2 is 1.43 bits per heavy atom. The number of anilines is 1. The number of carbonyl (C=O) groups excluding carboxylic acids is 1. The van der Waals surface area contributed by atoms with Crippen molar-refractivity contribution in [1.82, 2.24) is 4.72 Å². The van der Waals surface area contributed by atoms with Crippen LogP contribution in [-0.4, -0.2) is 28.0 Å². The number of hydrogen-bond acceptors (Lipinski definition) is 5. The summed E-state index contributed by atoms with van der Waals surface area (Å²) >= 11 is 0. The van der Waals surface area contributed by atoms with Gasteiger partial charge in [0.25, 0.3) is 5.91 Å². The summed E-state index contributed by atoms with van der Waals surface area (Å²) in [5, 5.41) is 2.65. The van der Waals surface area contributed by atoms with Crippen LogP contribution in [-0.2, 0) is 21.4 Å². The maximum absolute atomic E-state index is 12.1. The van der Waals surface area contributed by atoms with Gasteiger partial charge >= 0.3 is 0 Å². The Kier molecular flexibility index (Phi) is 7.05. The minimum Gasteiger partial charge on any atom is -0.489 e. The summed E-state index contributed by atoms with van der Waals surface area (Å²) in [4.78, 5) is 12.2. The van der Waals surface area contributed by atoms with Crippen molar-refractivity contribution in [2.24, 2.45) is 0 Å². The van der Waals surface area contributed by atoms with Crippen LogP contribution in [0.25, 0.3) is 0 Å². The molecule has 1 amide bonds. The maximum Gasteiger partial charge on any atom is 0.262 e. The number of amides is 1. The van der Waals surface area contributed by atoms with Crippen molar-refractivity contribution in [3.05, 3.63) is 84.4 Å². The van der Waals surface area contributed by atoms with E-state index in [4.69, 9.17) is 9.47 Å². The van der Waals surface area contributed by atoms with E-state index in [-0.39, 0.29) is 17.4 Å². The lowest BCUT2D eigenvalue weighted by atomic mass is 10.2. The van der Waals surface area contributed by atoms with E-state index in [2.05, 4.69) is 10.0 Å². The second kappa shape index (κ2) is 9.91. The molecule has 0 bridgehead atoms. The van der Waals surface area contributed by atoms with Crippen LogP contribution in [0.4, 0.5) is 5.69 Å². The van der Waals surface area contributed by atoms with E-state index in [1.807, 2.05) is 30.3 Å². The molecule has 0 saturated carbocycles. The van der Waals surface area contributed by atoms with Crippen LogP contribution in [0.2, 0.25) is 0 Å². The molecule has 3 aromatic carbocycles. The molecule has 0 radical (unpaired) electrons. The second-order valence-electron chi connectivity index (χ2n) is 6.31. The average Bonchev–Trinajstić information content (AvgIpc) is 2.78. The first-order valence-corrected chi connectivity index (χ1v) is 10.7. The molecule has 0 saturated heterocycles. The lowest BCUT2D eigenvalue weighted by Crippen LogP contribution is -2.20. The Morgan fingerprint density at radius 1 is 0.833 bits per heavy atom. The summed E-state index contributed by atoms with van der Waals surface area (Å²) in [5.41, 5.74) is 1.55. The molecule has 8 heteroatoms. The summed E-state index contributed by atoms with van der Waals surface area (Å²) in [6.45, 7) is 0.290. The molecule has 7 nitrogen and oxygen atoms in total. The van der Waals surface area contributed by atoms with Crippen LogP contribution < -0.4 is 19.5 Å². The molecular weight excluding hydrogens is 404 g/mol. The van der Waals surface area contributed by atoms with Gasteiger partial charge in [-0.05, 0) is 61.1 Å². The first kappa shape index (κ1) is 21.4. The van der Waals surface area contributed by atoms with Gasteiger partial charge in [-0.25, -0.2) is 13.1 Å². The van der Waals surface area contributed by atoms with Gasteiger partial charge in [0, 0.05) is 5.69 Å². The quantitative estimate of drug-likeness (QED) is 0.548. The number of ether oxygens (including phenoxy) is 2. The zero-order valence-corrected chi connectivity index (χ0v) is 17.2. The molecule has 0 fully saturated rings. The lowest BCUT2D eigenvalue weighted by Gasteiger charge is -2.10. The van der Waals surface area contributed by atoms with Crippen LogP contribution in [0.15, 0.2) is 83.8 Å². The normalized spacial score (nSPS) is 11.0. The average molecular weight is 426 g/mol. The zero-order chi connectivity index (χ0) is 21.4. The number of nitrogens with one attached hydrogen (secondary N) is 2. The standard InChI is InChI=1S/C22H22N2O5S/c1-23-30(26,27)21-13-7-18(8-14-21)24-22(25)16-29-20-11-9-19(10-12-20)28-15-17-5-3-2-4-6-17/h2-14,23H,15-16H2,1H3,(H,24,25). The number of hydrogen-bond donors (Lipinski definition) is 2. The molecule has 3 rings (SSSR count). The van der Waals surface area contributed by atoms with Crippen LogP contribution in [0.5, 0.6) is 11.5 Å². The van der Waals surface area contributed by atoms with Crippen molar-refractivity contribution in [3.8, 4) is 11.5 Å². The van der Waals surface area contributed by atoms with Crippen LogP contribution in [0, 0.1) is 0 Å². The Morgan fingerprint density at radius 3 is 2.03 bits per heavy atom. The monoisotopic (exact) mass is 426 g/mol. The summed E-state index contributed by atoms with van der Waals surface area (Å²) in [5.74, 6) is 0.878. The molecule has 3 aromatic rings. The fourth-order valence-corrected chi connectivity index (χ4v) is 3.28. The molecule has 156 valence electrons. The third-order valence-corrected chi connectivity index (χ3v) is 5.59. The van der Waals surface area contributed by atoms with E-state index in [9.17, 15) is 13.2 Å². The van der Waals surface area contributed by atoms with E-state index >= 15 is 0 Å². The minimum atomic E-state index is -3.51. The van der Waals surface area contributed by atoms with Gasteiger partial charge in [0.2, 0.25) is 10.0 Å². The highest BCUT2D eigenvalue weighted by Gasteiger charge is 2.11. The molecule has 2 N–H and O–H groups in total. The largest absolute Gasteiger partial charge is 0.489 e. The third kappa shape index (κ3) is 6.07. The number of carbonyl (C=O) groups is 1. The second-order valence-corrected chi connectivity index (χ2v) is 8.20. The third-order valence-electron chi connectivity index (χ3n) is 4.16. The zero-order valence-electron chi connectivity index (χ0n) is 16.4. The summed E-state index contributed by atoms with van der Waals surface area (Å²) in [7, 11) is -2.17. The van der Waals surface area contributed by atoms with Crippen molar-refractivity contribution >= 4 is 21.6 Å². The van der Waals surface area contributed by atoms with E-state index < -0.39 is 10.0 Å². The van der Waals surface area contributed by atoms with Crippen LogP contribution in [0.3, 0.4) is 0 Å². The highest BCUT2D eigenvalue weighted by molar-refractivity contribution is 7.89. The van der Waals surface area contributed by atoms with Gasteiger partial charge < -0.3 is 14.8 Å². The fraction of sp³-hybridized carbons (Fsp3) is 0.136. The van der Waals surface area contributed by atoms with E-state index in [1.54, 1.807) is 24.3 Å². The molecule has 0 spiro atoms. The molecule has 0 aliphatic carbocycles. The van der Waals surface area contributed by atoms with Crippen molar-refractivity contribution in [3.63, 3.8) is 0 Å². The Hall–Kier alpha value is -3.36. The molecule has 0 aliphatic rings. The van der Waals surface area contributed by atoms with E-state index in [1.165, 1.54) is 31.3 Å². The summed E-state index contributed by atoms with van der Waals surface area (Å²) in [6, 6.07) is 22.7. The first-order chi connectivity index (χ1) is 14.5. The van der Waals surface area contributed by atoms with Crippen molar-refractivity contribution < 1.29 is 22.7 Å². The maximum atomic E-state index is 12.1. The number of rotatable bonds is 9. The molecule has 30 heavy (non-hydrogen) atoms. The summed E-state index contributed by atoms with van der Waals surface area (Å²) in [6.07, 6.45) is 0. The SMILES string of the molecule is CNS(=O)(=O)c1ccc(NC(=O)COc2ccc(OCc3ccccc3)cc2)cc1. The number of sulfonamides is 1. The van der Waals surface area contributed by atoms with Gasteiger partial charge in [0.15, 0.2) is 6.61 Å². The Bertz CT molecular complexity index is 1070. The van der Waals surface area contributed by atoms with Crippen molar-refractivity contribution in [2.75, 3.05) is 19.0 Å².